The lowest BCUT2D eigenvalue weighted by atomic mass is 9.93. The molecule has 0 radical (unpaired) electrons. The molecule has 2 aliphatic rings. The number of aromatic amines is 1. The Morgan fingerprint density at radius 2 is 1.77 bits per heavy atom. The van der Waals surface area contributed by atoms with Gasteiger partial charge in [-0.2, -0.15) is 0 Å². The van der Waals surface area contributed by atoms with Crippen LogP contribution in [0.2, 0.25) is 0 Å². The van der Waals surface area contributed by atoms with E-state index in [1.807, 2.05) is 56.3 Å². The van der Waals surface area contributed by atoms with Gasteiger partial charge in [0.1, 0.15) is 6.04 Å². The number of carbonyl (C=O) groups excluding carboxylic acids is 2. The molecule has 5 heteroatoms. The third-order valence-corrected chi connectivity index (χ3v) is 5.69. The van der Waals surface area contributed by atoms with E-state index >= 15 is 0 Å². The van der Waals surface area contributed by atoms with Crippen LogP contribution < -0.4 is 4.90 Å². The molecule has 0 aliphatic carbocycles. The predicted molar refractivity (Wildman–Crippen MR) is 100 cm³/mol. The van der Waals surface area contributed by atoms with Crippen LogP contribution in [-0.4, -0.2) is 27.9 Å². The Morgan fingerprint density at radius 1 is 1.04 bits per heavy atom. The standard InChI is InChI=1S/C21H19N3O2/c1-12-7-3-6-10-17(12)24-20(25)18-11-15-14-8-4-5-9-16(14)22-19(15)13(2)23(18)21(24)26/h3-10,13,18,22H,11H2,1-2H3. The number of fused-ring (bicyclic) bond motifs is 4. The molecule has 2 atom stereocenters. The van der Waals surface area contributed by atoms with Crippen LogP contribution in [0.15, 0.2) is 48.5 Å². The van der Waals surface area contributed by atoms with E-state index in [-0.39, 0.29) is 18.0 Å². The Labute approximate surface area is 151 Å². The van der Waals surface area contributed by atoms with E-state index in [4.69, 9.17) is 0 Å². The number of benzene rings is 2. The largest absolute Gasteiger partial charge is 0.356 e. The van der Waals surface area contributed by atoms with Gasteiger partial charge in [-0.15, -0.1) is 0 Å². The Balaban J connectivity index is 1.63. The van der Waals surface area contributed by atoms with Crippen LogP contribution in [0.25, 0.3) is 10.9 Å². The number of para-hydroxylation sites is 2. The lowest BCUT2D eigenvalue weighted by molar-refractivity contribution is -0.120. The number of hydrogen-bond acceptors (Lipinski definition) is 2. The molecule has 0 bridgehead atoms. The molecule has 1 N–H and O–H groups in total. The molecule has 2 aromatic carbocycles. The van der Waals surface area contributed by atoms with Crippen molar-refractivity contribution in [2.24, 2.45) is 0 Å². The zero-order valence-corrected chi connectivity index (χ0v) is 14.7. The van der Waals surface area contributed by atoms with Gasteiger partial charge in [-0.05, 0) is 37.1 Å². The highest BCUT2D eigenvalue weighted by atomic mass is 16.2. The lowest BCUT2D eigenvalue weighted by Gasteiger charge is -2.33. The van der Waals surface area contributed by atoms with Crippen molar-refractivity contribution >= 4 is 28.5 Å². The number of anilines is 1. The summed E-state index contributed by atoms with van der Waals surface area (Å²) in [6.45, 7) is 3.92. The molecular weight excluding hydrogens is 326 g/mol. The van der Waals surface area contributed by atoms with Crippen molar-refractivity contribution in [2.75, 3.05) is 4.90 Å². The first-order chi connectivity index (χ1) is 12.6. The van der Waals surface area contributed by atoms with Gasteiger partial charge in [-0.3, -0.25) is 4.79 Å². The molecule has 2 unspecified atom stereocenters. The maximum absolute atomic E-state index is 13.2. The van der Waals surface area contributed by atoms with Crippen LogP contribution in [-0.2, 0) is 11.2 Å². The summed E-state index contributed by atoms with van der Waals surface area (Å²) < 4.78 is 0. The summed E-state index contributed by atoms with van der Waals surface area (Å²) in [5, 5.41) is 1.14. The van der Waals surface area contributed by atoms with Gasteiger partial charge in [-0.25, -0.2) is 9.69 Å². The van der Waals surface area contributed by atoms with E-state index in [0.29, 0.717) is 12.1 Å². The summed E-state index contributed by atoms with van der Waals surface area (Å²) in [5.41, 5.74) is 4.85. The van der Waals surface area contributed by atoms with Crippen LogP contribution in [0.5, 0.6) is 0 Å². The minimum absolute atomic E-state index is 0.132. The maximum Gasteiger partial charge on any atom is 0.332 e. The molecule has 5 rings (SSSR count). The van der Waals surface area contributed by atoms with Crippen LogP contribution in [0.3, 0.4) is 0 Å². The lowest BCUT2D eigenvalue weighted by Crippen LogP contribution is -2.42. The number of imide groups is 1. The fraction of sp³-hybridized carbons (Fsp3) is 0.238. The van der Waals surface area contributed by atoms with Gasteiger partial charge in [0, 0.05) is 23.0 Å². The fourth-order valence-corrected chi connectivity index (χ4v) is 4.40. The van der Waals surface area contributed by atoms with Gasteiger partial charge in [0.15, 0.2) is 0 Å². The van der Waals surface area contributed by atoms with Gasteiger partial charge >= 0.3 is 6.03 Å². The highest BCUT2D eigenvalue weighted by molar-refractivity contribution is 6.22. The second kappa shape index (κ2) is 5.21. The number of carbonyl (C=O) groups is 2. The minimum Gasteiger partial charge on any atom is -0.356 e. The van der Waals surface area contributed by atoms with Crippen molar-refractivity contribution in [3.63, 3.8) is 0 Å². The molecule has 5 nitrogen and oxygen atoms in total. The molecule has 26 heavy (non-hydrogen) atoms. The minimum atomic E-state index is -0.441. The molecule has 1 aromatic heterocycles. The molecule has 1 saturated heterocycles. The third-order valence-electron chi connectivity index (χ3n) is 5.69. The maximum atomic E-state index is 13.2. The fourth-order valence-electron chi connectivity index (χ4n) is 4.40. The van der Waals surface area contributed by atoms with E-state index in [0.717, 1.165) is 27.7 Å². The number of urea groups is 1. The van der Waals surface area contributed by atoms with E-state index in [1.165, 1.54) is 4.90 Å². The highest BCUT2D eigenvalue weighted by Crippen LogP contribution is 2.42. The van der Waals surface area contributed by atoms with E-state index < -0.39 is 6.04 Å². The smallest absolute Gasteiger partial charge is 0.332 e. The molecular formula is C21H19N3O2. The normalized spacial score (nSPS) is 22.1. The Morgan fingerprint density at radius 3 is 2.58 bits per heavy atom. The number of amides is 3. The van der Waals surface area contributed by atoms with Crippen molar-refractivity contribution in [1.29, 1.82) is 0 Å². The van der Waals surface area contributed by atoms with Gasteiger partial charge in [-0.1, -0.05) is 36.4 Å². The monoisotopic (exact) mass is 345 g/mol. The Hall–Kier alpha value is -3.08. The second-order valence-corrected chi connectivity index (χ2v) is 7.11. The molecule has 3 aromatic rings. The van der Waals surface area contributed by atoms with Gasteiger partial charge in [0.05, 0.1) is 11.7 Å². The zero-order valence-electron chi connectivity index (χ0n) is 14.7. The van der Waals surface area contributed by atoms with Crippen molar-refractivity contribution in [2.45, 2.75) is 32.4 Å². The summed E-state index contributed by atoms with van der Waals surface area (Å²) in [6.07, 6.45) is 0.552. The Bertz CT molecular complexity index is 1070. The number of H-pyrrole nitrogens is 1. The number of aromatic nitrogens is 1. The molecule has 0 spiro atoms. The quantitative estimate of drug-likeness (QED) is 0.679. The molecule has 3 heterocycles. The number of aryl methyl sites for hydroxylation is 1. The van der Waals surface area contributed by atoms with Gasteiger partial charge in [0.25, 0.3) is 5.91 Å². The van der Waals surface area contributed by atoms with Crippen LogP contribution in [0, 0.1) is 6.92 Å². The average Bonchev–Trinajstić information content (AvgIpc) is 3.13. The van der Waals surface area contributed by atoms with Crippen molar-refractivity contribution in [3.8, 4) is 0 Å². The number of hydrogen-bond donors (Lipinski definition) is 1. The zero-order chi connectivity index (χ0) is 18.0. The first kappa shape index (κ1) is 15.2. The number of rotatable bonds is 1. The topological polar surface area (TPSA) is 56.4 Å². The summed E-state index contributed by atoms with van der Waals surface area (Å²) in [4.78, 5) is 32.9. The average molecular weight is 345 g/mol. The van der Waals surface area contributed by atoms with Crippen molar-refractivity contribution in [1.82, 2.24) is 9.88 Å². The molecule has 2 aliphatic heterocycles. The number of nitrogens with zero attached hydrogens (tertiary/aromatic N) is 2. The predicted octanol–water partition coefficient (Wildman–Crippen LogP) is 3.93. The van der Waals surface area contributed by atoms with Crippen LogP contribution in [0.4, 0.5) is 10.5 Å². The Kier molecular flexibility index (Phi) is 3.04. The van der Waals surface area contributed by atoms with Crippen molar-refractivity contribution < 1.29 is 9.59 Å². The third kappa shape index (κ3) is 1.85. The van der Waals surface area contributed by atoms with E-state index in [9.17, 15) is 9.59 Å². The SMILES string of the molecule is Cc1ccccc1N1C(=O)C2Cc3c([nH]c4ccccc34)C(C)N2C1=O. The highest BCUT2D eigenvalue weighted by Gasteiger charge is 2.51. The summed E-state index contributed by atoms with van der Waals surface area (Å²) in [5.74, 6) is -0.132. The first-order valence-electron chi connectivity index (χ1n) is 8.89. The molecule has 1 fully saturated rings. The molecule has 130 valence electrons. The summed E-state index contributed by atoms with van der Waals surface area (Å²) >= 11 is 0. The van der Waals surface area contributed by atoms with E-state index in [2.05, 4.69) is 11.1 Å². The van der Waals surface area contributed by atoms with E-state index in [1.54, 1.807) is 4.90 Å². The van der Waals surface area contributed by atoms with Crippen LogP contribution in [0.1, 0.15) is 29.8 Å². The second-order valence-electron chi connectivity index (χ2n) is 7.11. The summed E-state index contributed by atoms with van der Waals surface area (Å²) in [7, 11) is 0. The van der Waals surface area contributed by atoms with Crippen molar-refractivity contribution in [3.05, 3.63) is 65.4 Å². The van der Waals surface area contributed by atoms with Gasteiger partial charge in [0.2, 0.25) is 0 Å². The van der Waals surface area contributed by atoms with Gasteiger partial charge < -0.3 is 9.88 Å². The van der Waals surface area contributed by atoms with Crippen LogP contribution >= 0.6 is 0 Å². The first-order valence-corrected chi connectivity index (χ1v) is 8.89. The molecule has 0 saturated carbocycles. The molecule has 3 amide bonds. The number of nitrogens with one attached hydrogen (secondary N) is 1. The summed E-state index contributed by atoms with van der Waals surface area (Å²) in [6, 6.07) is 14.8.